The number of hydrogen-bond donors (Lipinski definition) is 1. The van der Waals surface area contributed by atoms with Crippen LogP contribution in [0.5, 0.6) is 5.75 Å². The van der Waals surface area contributed by atoms with E-state index in [1.165, 1.54) is 0 Å². The first-order chi connectivity index (χ1) is 10.1. The van der Waals surface area contributed by atoms with Crippen LogP contribution in [-0.2, 0) is 6.61 Å². The summed E-state index contributed by atoms with van der Waals surface area (Å²) in [7, 11) is 0. The monoisotopic (exact) mass is 317 g/mol. The Morgan fingerprint density at radius 1 is 0.857 bits per heavy atom. The van der Waals surface area contributed by atoms with Crippen LogP contribution in [0.25, 0.3) is 10.8 Å². The molecule has 2 nitrogen and oxygen atoms in total. The fourth-order valence-electron chi connectivity index (χ4n) is 2.20. The summed E-state index contributed by atoms with van der Waals surface area (Å²) in [5, 5.41) is 3.27. The summed E-state index contributed by atoms with van der Waals surface area (Å²) in [4.78, 5) is 0. The lowest BCUT2D eigenvalue weighted by molar-refractivity contribution is 0.310. The number of benzene rings is 3. The molecule has 0 atom stereocenters. The first-order valence-electron chi connectivity index (χ1n) is 6.49. The number of rotatable bonds is 3. The molecule has 3 aromatic rings. The Labute approximate surface area is 133 Å². The third kappa shape index (κ3) is 2.92. The Bertz CT molecular complexity index is 802. The minimum absolute atomic E-state index is 0.380. The molecule has 0 unspecified atom stereocenters. The molecule has 106 valence electrons. The molecule has 0 spiro atoms. The zero-order valence-corrected chi connectivity index (χ0v) is 12.7. The number of halogens is 2. The summed E-state index contributed by atoms with van der Waals surface area (Å²) in [5.74, 6) is 0.780. The van der Waals surface area contributed by atoms with Gasteiger partial charge in [-0.2, -0.15) is 0 Å². The Hall–Kier alpha value is -1.90. The highest BCUT2D eigenvalue weighted by Gasteiger charge is 2.07. The van der Waals surface area contributed by atoms with E-state index < -0.39 is 0 Å². The number of anilines is 1. The summed E-state index contributed by atoms with van der Waals surface area (Å²) >= 11 is 12.4. The molecule has 0 amide bonds. The van der Waals surface area contributed by atoms with Crippen molar-refractivity contribution in [2.45, 2.75) is 6.61 Å². The molecular weight excluding hydrogens is 305 g/mol. The van der Waals surface area contributed by atoms with Gasteiger partial charge in [0.15, 0.2) is 0 Å². The maximum Gasteiger partial charge on any atom is 0.127 e. The maximum absolute atomic E-state index is 6.20. The van der Waals surface area contributed by atoms with E-state index in [1.807, 2.05) is 48.5 Å². The van der Waals surface area contributed by atoms with Gasteiger partial charge in [-0.15, -0.1) is 0 Å². The van der Waals surface area contributed by atoms with E-state index in [2.05, 4.69) is 0 Å². The van der Waals surface area contributed by atoms with Gasteiger partial charge in [0.05, 0.1) is 0 Å². The quantitative estimate of drug-likeness (QED) is 0.664. The van der Waals surface area contributed by atoms with Crippen LogP contribution < -0.4 is 10.5 Å². The van der Waals surface area contributed by atoms with Crippen molar-refractivity contribution in [2.75, 3.05) is 5.73 Å². The van der Waals surface area contributed by atoms with Gasteiger partial charge in [-0.05, 0) is 24.3 Å². The second-order valence-electron chi connectivity index (χ2n) is 4.73. The lowest BCUT2D eigenvalue weighted by Crippen LogP contribution is -1.98. The van der Waals surface area contributed by atoms with Crippen molar-refractivity contribution >= 4 is 39.7 Å². The topological polar surface area (TPSA) is 35.2 Å². The number of nitrogen functional groups attached to an aromatic ring is 1. The Kier molecular flexibility index (Phi) is 3.91. The molecule has 0 aromatic heterocycles. The molecule has 0 heterocycles. The largest absolute Gasteiger partial charge is 0.488 e. The number of nitrogens with two attached hydrogens (primary N) is 1. The average Bonchev–Trinajstić information content (AvgIpc) is 2.48. The minimum atomic E-state index is 0.380. The third-order valence-corrected chi connectivity index (χ3v) is 3.97. The van der Waals surface area contributed by atoms with E-state index >= 15 is 0 Å². The van der Waals surface area contributed by atoms with Crippen LogP contribution in [0.15, 0.2) is 54.6 Å². The van der Waals surface area contributed by atoms with E-state index in [9.17, 15) is 0 Å². The van der Waals surface area contributed by atoms with Gasteiger partial charge in [-0.25, -0.2) is 0 Å². The number of fused-ring (bicyclic) bond motifs is 1. The van der Waals surface area contributed by atoms with E-state index in [0.29, 0.717) is 22.3 Å². The van der Waals surface area contributed by atoms with Crippen LogP contribution in [0.4, 0.5) is 5.69 Å². The van der Waals surface area contributed by atoms with Crippen molar-refractivity contribution in [1.29, 1.82) is 0 Å². The molecule has 2 N–H and O–H groups in total. The summed E-state index contributed by atoms with van der Waals surface area (Å²) in [5.41, 5.74) is 7.22. The molecule has 0 fully saturated rings. The van der Waals surface area contributed by atoms with Crippen LogP contribution in [0, 0.1) is 0 Å². The Balaban J connectivity index is 1.90. The van der Waals surface area contributed by atoms with Gasteiger partial charge in [0, 0.05) is 32.1 Å². The number of hydrogen-bond acceptors (Lipinski definition) is 2. The Morgan fingerprint density at radius 3 is 2.38 bits per heavy atom. The van der Waals surface area contributed by atoms with E-state index in [-0.39, 0.29) is 0 Å². The minimum Gasteiger partial charge on any atom is -0.488 e. The van der Waals surface area contributed by atoms with Crippen molar-refractivity contribution < 1.29 is 4.74 Å². The van der Waals surface area contributed by atoms with Gasteiger partial charge in [0.2, 0.25) is 0 Å². The fourth-order valence-corrected chi connectivity index (χ4v) is 2.67. The molecule has 0 aliphatic carbocycles. The Morgan fingerprint density at radius 2 is 1.62 bits per heavy atom. The van der Waals surface area contributed by atoms with Crippen molar-refractivity contribution in [3.8, 4) is 5.75 Å². The molecule has 3 rings (SSSR count). The smallest absolute Gasteiger partial charge is 0.127 e. The summed E-state index contributed by atoms with van der Waals surface area (Å²) < 4.78 is 5.90. The molecule has 0 radical (unpaired) electrons. The van der Waals surface area contributed by atoms with Crippen LogP contribution in [0.1, 0.15) is 5.56 Å². The molecular formula is C17H13Cl2NO. The van der Waals surface area contributed by atoms with Crippen molar-refractivity contribution in [3.63, 3.8) is 0 Å². The summed E-state index contributed by atoms with van der Waals surface area (Å²) in [6, 6.07) is 17.0. The van der Waals surface area contributed by atoms with Crippen molar-refractivity contribution in [3.05, 3.63) is 70.2 Å². The van der Waals surface area contributed by atoms with E-state index in [1.54, 1.807) is 6.07 Å². The third-order valence-electron chi connectivity index (χ3n) is 3.29. The van der Waals surface area contributed by atoms with Gasteiger partial charge in [0.25, 0.3) is 0 Å². The summed E-state index contributed by atoms with van der Waals surface area (Å²) in [6.45, 7) is 0.380. The van der Waals surface area contributed by atoms with E-state index in [0.717, 1.165) is 22.1 Å². The predicted octanol–water partition coefficient (Wildman–Crippen LogP) is 5.31. The molecule has 0 aliphatic heterocycles. The molecule has 0 bridgehead atoms. The van der Waals surface area contributed by atoms with E-state index in [4.69, 9.17) is 33.7 Å². The van der Waals surface area contributed by atoms with Crippen LogP contribution in [0.2, 0.25) is 10.0 Å². The molecule has 4 heteroatoms. The van der Waals surface area contributed by atoms with Crippen LogP contribution >= 0.6 is 23.2 Å². The zero-order valence-electron chi connectivity index (χ0n) is 11.1. The van der Waals surface area contributed by atoms with Gasteiger partial charge in [0.1, 0.15) is 12.4 Å². The molecule has 0 saturated heterocycles. The normalized spacial score (nSPS) is 10.8. The van der Waals surface area contributed by atoms with Crippen LogP contribution in [-0.4, -0.2) is 0 Å². The number of ether oxygens (including phenoxy) is 1. The maximum atomic E-state index is 6.20. The lowest BCUT2D eigenvalue weighted by atomic mass is 10.1. The van der Waals surface area contributed by atoms with Crippen LogP contribution in [0.3, 0.4) is 0 Å². The first kappa shape index (κ1) is 14.1. The molecule has 0 saturated carbocycles. The van der Waals surface area contributed by atoms with Crippen molar-refractivity contribution in [1.82, 2.24) is 0 Å². The standard InChI is InChI=1S/C17H13Cl2NO/c18-15-7-8-17(14-4-2-1-3-13(14)15)21-10-11-5-6-12(20)9-16(11)19/h1-9H,10,20H2. The zero-order chi connectivity index (χ0) is 14.8. The van der Waals surface area contributed by atoms with Crippen molar-refractivity contribution in [2.24, 2.45) is 0 Å². The SMILES string of the molecule is Nc1ccc(COc2ccc(Cl)c3ccccc23)c(Cl)c1. The molecule has 3 aromatic carbocycles. The lowest BCUT2D eigenvalue weighted by Gasteiger charge is -2.11. The average molecular weight is 318 g/mol. The highest BCUT2D eigenvalue weighted by Crippen LogP contribution is 2.32. The second kappa shape index (κ2) is 5.84. The van der Waals surface area contributed by atoms with Gasteiger partial charge >= 0.3 is 0 Å². The highest BCUT2D eigenvalue weighted by atomic mass is 35.5. The van der Waals surface area contributed by atoms with Gasteiger partial charge in [-0.3, -0.25) is 0 Å². The molecule has 21 heavy (non-hydrogen) atoms. The predicted molar refractivity (Wildman–Crippen MR) is 89.2 cm³/mol. The fraction of sp³-hybridized carbons (Fsp3) is 0.0588. The van der Waals surface area contributed by atoms with Gasteiger partial charge < -0.3 is 10.5 Å². The highest BCUT2D eigenvalue weighted by molar-refractivity contribution is 6.35. The first-order valence-corrected chi connectivity index (χ1v) is 7.24. The summed E-state index contributed by atoms with van der Waals surface area (Å²) in [6.07, 6.45) is 0. The van der Waals surface area contributed by atoms with Gasteiger partial charge in [-0.1, -0.05) is 53.5 Å². The second-order valence-corrected chi connectivity index (χ2v) is 5.55. The molecule has 0 aliphatic rings.